The number of halogens is 5. The van der Waals surface area contributed by atoms with Crippen molar-refractivity contribution in [1.29, 1.82) is 5.26 Å². The smallest absolute Gasteiger partial charge is 0.497 e. The molecule has 0 saturated heterocycles. The number of oxime groups is 6. The number of nitrogens with zero attached hydrogens (tertiary/aromatic N) is 7. The Morgan fingerprint density at radius 3 is 1.39 bits per heavy atom. The molecule has 0 aliphatic heterocycles. The van der Waals surface area contributed by atoms with Crippen molar-refractivity contribution in [2.45, 2.75) is 66.6 Å². The molecule has 0 spiro atoms. The van der Waals surface area contributed by atoms with E-state index in [1.807, 2.05) is 69.3 Å². The van der Waals surface area contributed by atoms with Gasteiger partial charge in [-0.25, -0.2) is 9.00 Å². The molecule has 125 heavy (non-hydrogen) atoms. The fraction of sp³-hybridized carbons (Fsp3) is 0.106. The number of carboxylic acids is 1. The van der Waals surface area contributed by atoms with Gasteiger partial charge in [-0.1, -0.05) is 260 Å². The van der Waals surface area contributed by atoms with Gasteiger partial charge in [0.25, 0.3) is 11.1 Å². The van der Waals surface area contributed by atoms with Gasteiger partial charge in [0, 0.05) is 39.8 Å². The normalized spacial score (nSPS) is 12.2. The molecule has 0 aromatic heterocycles. The predicted molar refractivity (Wildman–Crippen MR) is 465 cm³/mol. The van der Waals surface area contributed by atoms with E-state index in [0.717, 1.165) is 52.0 Å². The number of benzene rings is 11. The predicted octanol–water partition coefficient (Wildman–Crippen LogP) is 16.7. The third kappa shape index (κ3) is 33.1. The number of rotatable bonds is 27. The average Bonchev–Trinajstić information content (AvgIpc) is 0.839. The Morgan fingerprint density at radius 1 is 0.472 bits per heavy atom. The highest BCUT2D eigenvalue weighted by Gasteiger charge is 2.49. The number of ketones is 2. The third-order valence-electron chi connectivity index (χ3n) is 15.6. The second-order valence-electron chi connectivity index (χ2n) is 25.0. The van der Waals surface area contributed by atoms with Crippen LogP contribution in [-0.4, -0.2) is 123 Å². The largest absolute Gasteiger partial charge is 0.536 e. The molecule has 0 aliphatic carbocycles. The molecule has 1 atom stereocenters. The number of carbonyl (C=O) groups is 3. The second-order valence-corrected chi connectivity index (χ2v) is 34.5. The molecule has 0 bridgehead atoms. The monoisotopic (exact) mass is 1860 g/mol. The van der Waals surface area contributed by atoms with E-state index in [1.165, 1.54) is 85.9 Å². The number of carbonyl (C=O) groups excluding carboxylic acids is 2. The third-order valence-corrected chi connectivity index (χ3v) is 21.7. The first-order valence-electron chi connectivity index (χ1n) is 35.5. The van der Waals surface area contributed by atoms with Gasteiger partial charge in [-0.15, -0.1) is 0 Å². The van der Waals surface area contributed by atoms with Gasteiger partial charge in [0.05, 0.1) is 46.5 Å². The van der Waals surface area contributed by atoms with E-state index in [4.69, 9.17) is 46.9 Å². The summed E-state index contributed by atoms with van der Waals surface area (Å²) >= 11 is 10.1. The Morgan fingerprint density at radius 2 is 0.912 bits per heavy atom. The number of aromatic carboxylic acids is 1. The van der Waals surface area contributed by atoms with E-state index < -0.39 is 84.6 Å². The van der Waals surface area contributed by atoms with Crippen LogP contribution in [0.5, 0.6) is 5.75 Å². The van der Waals surface area contributed by atoms with Crippen LogP contribution in [0.4, 0.5) is 13.2 Å². The first-order chi connectivity index (χ1) is 59.1. The molecule has 11 aromatic carbocycles. The van der Waals surface area contributed by atoms with E-state index in [0.29, 0.717) is 38.6 Å². The van der Waals surface area contributed by atoms with Gasteiger partial charge in [-0.3, -0.25) is 35.3 Å². The number of carboxylic acid groups (broad SMARTS) is 1. The van der Waals surface area contributed by atoms with Gasteiger partial charge in [0.15, 0.2) is 22.9 Å². The Hall–Kier alpha value is -13.4. The zero-order chi connectivity index (χ0) is 92.1. The molecule has 652 valence electrons. The molecule has 29 nitrogen and oxygen atoms in total. The molecule has 0 fully saturated rings. The maximum atomic E-state index is 12.5. The van der Waals surface area contributed by atoms with E-state index in [1.54, 1.807) is 185 Å². The topological polar surface area (TPSA) is 422 Å². The Labute approximate surface area is 731 Å². The van der Waals surface area contributed by atoms with E-state index in [-0.39, 0.29) is 53.1 Å². The van der Waals surface area contributed by atoms with Gasteiger partial charge in [0.1, 0.15) is 26.5 Å². The van der Waals surface area contributed by atoms with Crippen LogP contribution in [0.15, 0.2) is 342 Å². The highest BCUT2D eigenvalue weighted by molar-refractivity contribution is 7.88. The van der Waals surface area contributed by atoms with Crippen molar-refractivity contribution >= 4 is 137 Å². The van der Waals surface area contributed by atoms with E-state index >= 15 is 0 Å². The number of hydrogen-bond acceptors (Lipinski definition) is 28. The zero-order valence-corrected chi connectivity index (χ0v) is 73.2. The van der Waals surface area contributed by atoms with Crippen LogP contribution < -0.4 is 4.74 Å². The molecule has 0 amide bonds. The molecule has 0 radical (unpaired) electrons. The molecule has 11 rings (SSSR count). The summed E-state index contributed by atoms with van der Waals surface area (Å²) in [5, 5.41) is 38.5. The molecule has 1 N–H and O–H groups in total. The number of hydrogen-bond donors (Lipinski definition) is 1. The molecule has 0 aliphatic rings. The van der Waals surface area contributed by atoms with Crippen LogP contribution >= 0.6 is 23.2 Å². The van der Waals surface area contributed by atoms with Crippen molar-refractivity contribution in [3.05, 3.63) is 362 Å². The highest BCUT2D eigenvalue weighted by atomic mass is 35.5. The van der Waals surface area contributed by atoms with Crippen LogP contribution in [0.25, 0.3) is 0 Å². The number of nitriles is 1. The second kappa shape index (κ2) is 47.9. The summed E-state index contributed by atoms with van der Waals surface area (Å²) in [4.78, 5) is 34.9. The maximum absolute atomic E-state index is 12.5. The summed E-state index contributed by atoms with van der Waals surface area (Å²) in [6, 6.07) is 79.9. The van der Waals surface area contributed by atoms with Crippen molar-refractivity contribution in [1.82, 2.24) is 0 Å². The lowest BCUT2D eigenvalue weighted by atomic mass is 9.97. The van der Waals surface area contributed by atoms with Crippen LogP contribution in [0, 0.1) is 32.1 Å². The van der Waals surface area contributed by atoms with Crippen LogP contribution in [0.3, 0.4) is 0 Å². The van der Waals surface area contributed by atoms with Crippen molar-refractivity contribution in [3.63, 3.8) is 0 Å². The summed E-state index contributed by atoms with van der Waals surface area (Å²) in [6.07, 6.45) is 2.13. The van der Waals surface area contributed by atoms with Crippen molar-refractivity contribution in [2.24, 2.45) is 30.9 Å². The van der Waals surface area contributed by atoms with E-state index in [9.17, 15) is 73.9 Å². The molecule has 1 unspecified atom stereocenters. The summed E-state index contributed by atoms with van der Waals surface area (Å²) in [6.45, 7) is 10.7. The Balaban J connectivity index is 0.000000232. The Kier molecular flexibility index (Phi) is 38.5. The standard InChI is InChI=1S/C17H17Cl2NO3S.2C15H13NO4S.C15H15NO3S.C14H11NO5S.C9H5F3N2O3S/c1-10-7-11(2)17(12(3)8-10)13(4)20-23-24(21,22)16-9-14(18)5-6-15(16)19;1-21(18,19)20-16-14(12-8-4-2-5-9-12)15(17)13-10-6-3-7-11-13;1-12(17)15(13-8-4-2-5-9-13)16-20-21(18,19)14-10-6-3-7-11-14;1-12(13-8-10-14(18-2)11-9-13)16-19-20(17)15-6-4-3-5-7-15;16-14(17)12-6-8-13(9-7-12)21(18,19)20-15-10-11-4-2-1-3-5-11;10-9(11,12)18(15,16)17-14-8(6-13)7-4-2-1-3-5-7/h5-9H,1-4H3;2*2-11H,1H3;3-11H,1-2H3;1-10H,(H,16,17);1-5H/b20-13+;16-14-;16-15+;16-12+;15-10+;14-8+. The lowest BCUT2D eigenvalue weighted by molar-refractivity contribution is -0.111. The lowest BCUT2D eigenvalue weighted by Crippen LogP contribution is -2.24. The lowest BCUT2D eigenvalue weighted by Gasteiger charge is -2.11. The Bertz CT molecular complexity index is 6380. The number of aryl methyl sites for hydroxylation is 3. The fourth-order valence-corrected chi connectivity index (χ4v) is 13.9. The van der Waals surface area contributed by atoms with E-state index in [2.05, 4.69) is 48.1 Å². The number of ether oxygens (including phenoxy) is 1. The maximum Gasteiger partial charge on any atom is 0.536 e. The summed E-state index contributed by atoms with van der Waals surface area (Å²) in [7, 11) is -20.3. The van der Waals surface area contributed by atoms with Gasteiger partial charge < -0.3 is 9.84 Å². The zero-order valence-electron chi connectivity index (χ0n) is 66.8. The highest BCUT2D eigenvalue weighted by Crippen LogP contribution is 2.29. The van der Waals surface area contributed by atoms with Crippen LogP contribution in [0.1, 0.15) is 91.6 Å². The quantitative estimate of drug-likeness (QED) is 0.0216. The number of methoxy groups -OCH3 is 1. The first kappa shape index (κ1) is 100. The van der Waals surface area contributed by atoms with Gasteiger partial charge in [-0.2, -0.15) is 60.5 Å². The molecule has 40 heteroatoms. The summed E-state index contributed by atoms with van der Waals surface area (Å²) < 4.78 is 195. The van der Waals surface area contributed by atoms with Gasteiger partial charge in [0.2, 0.25) is 5.78 Å². The minimum absolute atomic E-state index is 0.0123. The van der Waals surface area contributed by atoms with Crippen molar-refractivity contribution in [2.75, 3.05) is 13.4 Å². The van der Waals surface area contributed by atoms with Gasteiger partial charge in [-0.05, 0) is 148 Å². The average molecular weight is 1870 g/mol. The molecule has 0 heterocycles. The molecular formula is C85H74Cl2F3N7O22S6. The van der Waals surface area contributed by atoms with Crippen LogP contribution in [0.2, 0.25) is 10.0 Å². The first-order valence-corrected chi connectivity index (χ1v) is 44.8. The van der Waals surface area contributed by atoms with Crippen LogP contribution in [-0.2, 0) is 92.2 Å². The summed E-state index contributed by atoms with van der Waals surface area (Å²) in [5.74, 6) is -1.16. The molecule has 11 aromatic rings. The number of Topliss-reactive ketones (excluding diaryl/α,β-unsaturated/α-hetero) is 2. The minimum Gasteiger partial charge on any atom is -0.497 e. The summed E-state index contributed by atoms with van der Waals surface area (Å²) in [5.41, 5.74) is 1.88. The molecule has 0 saturated carbocycles. The van der Waals surface area contributed by atoms with Gasteiger partial charge >= 0.3 is 62.1 Å². The minimum atomic E-state index is -5.85. The number of alkyl halides is 3. The van der Waals surface area contributed by atoms with Crippen molar-refractivity contribution in [3.8, 4) is 11.8 Å². The fourth-order valence-electron chi connectivity index (χ4n) is 9.79. The van der Waals surface area contributed by atoms with Crippen molar-refractivity contribution < 1.29 is 109 Å². The molecular weight excluding hydrogens is 1790 g/mol. The SMILES string of the molecule is C/C(=N\OS(=O)(=O)c1cc(Cl)ccc1Cl)c1c(C)cc(C)cc1C.CC(=O)/C(=N\OS(=O)(=O)c1ccccc1)c1ccccc1.COc1ccc(/C(C)=N/OS(=O)c2ccccc2)cc1.CS(=O)(=O)O/N=C(\C(=O)c1ccccc1)c1ccccc1.N#C/C(=N\OS(=O)(=O)C(F)(F)F)c1ccccc1.O=C(O)c1ccc(S(=O)(=O)O/N=C/c2ccccc2)cc1.